The number of ketones is 1. The highest BCUT2D eigenvalue weighted by Crippen LogP contribution is 2.27. The number of likely N-dealkylation sites (N-methyl/N-ethyl adjacent to an activating group) is 1. The number of nitrogens with one attached hydrogen (secondary N) is 1. The van der Waals surface area contributed by atoms with Crippen LogP contribution < -0.4 is 14.8 Å². The van der Waals surface area contributed by atoms with Crippen molar-refractivity contribution >= 4 is 29.3 Å². The Morgan fingerprint density at radius 2 is 1.71 bits per heavy atom. The molecule has 1 atom stereocenters. The Bertz CT molecular complexity index is 1070. The van der Waals surface area contributed by atoms with Gasteiger partial charge in [0, 0.05) is 24.8 Å². The first-order valence-corrected chi connectivity index (χ1v) is 10.5. The van der Waals surface area contributed by atoms with Gasteiger partial charge in [0.25, 0.3) is 5.91 Å². The Balaban J connectivity index is 1.51. The standard InChI is InChI=1S/C24H26N2O8/c1-26-10-11-33-21(23(26)29)13-22(28)25-17-7-4-15(5-8-17)24(30)34-14-18(27)16-6-9-19(31-2)20(12-16)32-3/h4-9,12,21H,10-11,13-14H2,1-3H3,(H,25,28). The van der Waals surface area contributed by atoms with Crippen molar-refractivity contribution in [3.63, 3.8) is 0 Å². The lowest BCUT2D eigenvalue weighted by Crippen LogP contribution is -2.46. The molecule has 1 N–H and O–H groups in total. The van der Waals surface area contributed by atoms with Crippen LogP contribution in [-0.2, 0) is 19.1 Å². The van der Waals surface area contributed by atoms with Crippen molar-refractivity contribution in [3.05, 3.63) is 53.6 Å². The minimum atomic E-state index is -0.809. The van der Waals surface area contributed by atoms with Crippen LogP contribution in [0.2, 0.25) is 0 Å². The summed E-state index contributed by atoms with van der Waals surface area (Å²) in [5, 5.41) is 2.66. The zero-order valence-electron chi connectivity index (χ0n) is 19.2. The van der Waals surface area contributed by atoms with Crippen molar-refractivity contribution in [2.75, 3.05) is 46.3 Å². The SMILES string of the molecule is COc1ccc(C(=O)COC(=O)c2ccc(NC(=O)CC3OCCN(C)C3=O)cc2)cc1OC. The van der Waals surface area contributed by atoms with Crippen LogP contribution >= 0.6 is 0 Å². The zero-order valence-corrected chi connectivity index (χ0v) is 19.2. The molecule has 2 amide bonds. The lowest BCUT2D eigenvalue weighted by atomic mass is 10.1. The fraction of sp³-hybridized carbons (Fsp3) is 0.333. The molecule has 10 nitrogen and oxygen atoms in total. The van der Waals surface area contributed by atoms with Gasteiger partial charge < -0.3 is 29.2 Å². The predicted octanol–water partition coefficient (Wildman–Crippen LogP) is 1.93. The zero-order chi connectivity index (χ0) is 24.7. The van der Waals surface area contributed by atoms with Crippen LogP contribution in [0.1, 0.15) is 27.1 Å². The van der Waals surface area contributed by atoms with Gasteiger partial charge in [-0.05, 0) is 42.5 Å². The number of carbonyl (C=O) groups excluding carboxylic acids is 4. The topological polar surface area (TPSA) is 120 Å². The maximum Gasteiger partial charge on any atom is 0.338 e. The number of ether oxygens (including phenoxy) is 4. The van der Waals surface area contributed by atoms with E-state index in [1.165, 1.54) is 49.5 Å². The van der Waals surface area contributed by atoms with E-state index in [1.54, 1.807) is 19.2 Å². The van der Waals surface area contributed by atoms with Crippen molar-refractivity contribution in [1.29, 1.82) is 0 Å². The normalized spacial score (nSPS) is 15.4. The van der Waals surface area contributed by atoms with Crippen LogP contribution in [-0.4, -0.2) is 75.6 Å². The van der Waals surface area contributed by atoms with E-state index >= 15 is 0 Å². The molecule has 1 fully saturated rings. The lowest BCUT2D eigenvalue weighted by Gasteiger charge is -2.29. The number of rotatable bonds is 9. The Hall–Kier alpha value is -3.92. The molecule has 2 aromatic carbocycles. The highest BCUT2D eigenvalue weighted by atomic mass is 16.5. The number of methoxy groups -OCH3 is 2. The Labute approximate surface area is 196 Å². The number of amides is 2. The number of Topliss-reactive ketones (excluding diaryl/α,β-unsaturated/α-hetero) is 1. The predicted molar refractivity (Wildman–Crippen MR) is 121 cm³/mol. The summed E-state index contributed by atoms with van der Waals surface area (Å²) in [6, 6.07) is 10.6. The van der Waals surface area contributed by atoms with Crippen LogP contribution in [0.5, 0.6) is 11.5 Å². The number of hydrogen-bond acceptors (Lipinski definition) is 8. The number of benzene rings is 2. The van der Waals surface area contributed by atoms with Crippen LogP contribution in [0.25, 0.3) is 0 Å². The third-order valence-corrected chi connectivity index (χ3v) is 5.21. The Morgan fingerprint density at radius 1 is 1.03 bits per heavy atom. The van der Waals surface area contributed by atoms with Gasteiger partial charge in [0.05, 0.1) is 32.8 Å². The van der Waals surface area contributed by atoms with Gasteiger partial charge >= 0.3 is 5.97 Å². The van der Waals surface area contributed by atoms with Gasteiger partial charge in [0.1, 0.15) is 6.10 Å². The summed E-state index contributed by atoms with van der Waals surface area (Å²) in [7, 11) is 4.61. The minimum absolute atomic E-state index is 0.106. The van der Waals surface area contributed by atoms with Gasteiger partial charge in [-0.3, -0.25) is 14.4 Å². The number of anilines is 1. The van der Waals surface area contributed by atoms with E-state index in [-0.39, 0.29) is 23.8 Å². The summed E-state index contributed by atoms with van der Waals surface area (Å²) in [6.45, 7) is 0.427. The summed E-state index contributed by atoms with van der Waals surface area (Å²) in [5.74, 6) is -0.831. The monoisotopic (exact) mass is 470 g/mol. The molecule has 0 aliphatic carbocycles. The van der Waals surface area contributed by atoms with Gasteiger partial charge in [0.15, 0.2) is 23.9 Å². The van der Waals surface area contributed by atoms with Gasteiger partial charge in [-0.1, -0.05) is 0 Å². The highest BCUT2D eigenvalue weighted by Gasteiger charge is 2.29. The summed E-state index contributed by atoms with van der Waals surface area (Å²) >= 11 is 0. The van der Waals surface area contributed by atoms with Crippen molar-refractivity contribution in [2.24, 2.45) is 0 Å². The molecule has 1 unspecified atom stereocenters. The Morgan fingerprint density at radius 3 is 2.38 bits per heavy atom. The van der Waals surface area contributed by atoms with E-state index in [2.05, 4.69) is 5.32 Å². The third-order valence-electron chi connectivity index (χ3n) is 5.21. The van der Waals surface area contributed by atoms with Crippen LogP contribution in [0.3, 0.4) is 0 Å². The highest BCUT2D eigenvalue weighted by molar-refractivity contribution is 6.00. The molecule has 0 aromatic heterocycles. The fourth-order valence-electron chi connectivity index (χ4n) is 3.28. The minimum Gasteiger partial charge on any atom is -0.493 e. The molecule has 180 valence electrons. The third kappa shape index (κ3) is 6.10. The molecule has 1 saturated heterocycles. The average molecular weight is 470 g/mol. The van der Waals surface area contributed by atoms with Crippen LogP contribution in [0.4, 0.5) is 5.69 Å². The van der Waals surface area contributed by atoms with Crippen LogP contribution in [0.15, 0.2) is 42.5 Å². The van der Waals surface area contributed by atoms with Crippen molar-refractivity contribution < 1.29 is 38.1 Å². The van der Waals surface area contributed by atoms with Gasteiger partial charge in [-0.25, -0.2) is 4.79 Å². The molecule has 3 rings (SSSR count). The number of esters is 1. The molecule has 1 heterocycles. The number of hydrogen-bond donors (Lipinski definition) is 1. The molecule has 1 aliphatic heterocycles. The maximum absolute atomic E-state index is 12.4. The first-order valence-electron chi connectivity index (χ1n) is 10.5. The van der Waals surface area contributed by atoms with Gasteiger partial charge in [-0.15, -0.1) is 0 Å². The summed E-state index contributed by atoms with van der Waals surface area (Å²) in [5.41, 5.74) is 0.972. The number of carbonyl (C=O) groups is 4. The summed E-state index contributed by atoms with van der Waals surface area (Å²) < 4.78 is 20.8. The molecular formula is C24H26N2O8. The molecular weight excluding hydrogens is 444 g/mol. The van der Waals surface area contributed by atoms with E-state index in [9.17, 15) is 19.2 Å². The first-order chi connectivity index (χ1) is 16.3. The molecule has 34 heavy (non-hydrogen) atoms. The molecule has 2 aromatic rings. The fourth-order valence-corrected chi connectivity index (χ4v) is 3.28. The number of morpholine rings is 1. The van der Waals surface area contributed by atoms with E-state index in [0.717, 1.165) is 0 Å². The van der Waals surface area contributed by atoms with Crippen molar-refractivity contribution in [3.8, 4) is 11.5 Å². The second-order valence-electron chi connectivity index (χ2n) is 7.52. The number of nitrogens with zero attached hydrogens (tertiary/aromatic N) is 1. The van der Waals surface area contributed by atoms with Gasteiger partial charge in [-0.2, -0.15) is 0 Å². The first kappa shape index (κ1) is 24.7. The van der Waals surface area contributed by atoms with E-state index < -0.39 is 24.5 Å². The summed E-state index contributed by atoms with van der Waals surface area (Å²) in [4.78, 5) is 50.5. The average Bonchev–Trinajstić information content (AvgIpc) is 2.85. The van der Waals surface area contributed by atoms with Crippen molar-refractivity contribution in [2.45, 2.75) is 12.5 Å². The van der Waals surface area contributed by atoms with Gasteiger partial charge in [0.2, 0.25) is 5.91 Å². The largest absolute Gasteiger partial charge is 0.493 e. The van der Waals surface area contributed by atoms with Crippen molar-refractivity contribution in [1.82, 2.24) is 4.90 Å². The quantitative estimate of drug-likeness (QED) is 0.436. The molecule has 1 aliphatic rings. The Kier molecular flexibility index (Phi) is 8.20. The molecule has 0 spiro atoms. The second kappa shape index (κ2) is 11.3. The maximum atomic E-state index is 12.4. The second-order valence-corrected chi connectivity index (χ2v) is 7.52. The molecule has 0 radical (unpaired) electrons. The lowest BCUT2D eigenvalue weighted by molar-refractivity contribution is -0.153. The molecule has 10 heteroatoms. The summed E-state index contributed by atoms with van der Waals surface area (Å²) in [6.07, 6.45) is -0.915. The molecule has 0 saturated carbocycles. The molecule has 0 bridgehead atoms. The van der Waals surface area contributed by atoms with E-state index in [1.807, 2.05) is 0 Å². The van der Waals surface area contributed by atoms with E-state index in [0.29, 0.717) is 35.9 Å². The van der Waals surface area contributed by atoms with Crippen LogP contribution in [0, 0.1) is 0 Å². The smallest absolute Gasteiger partial charge is 0.338 e. The van der Waals surface area contributed by atoms with E-state index in [4.69, 9.17) is 18.9 Å².